The van der Waals surface area contributed by atoms with Gasteiger partial charge in [-0.2, -0.15) is 23.4 Å². The highest BCUT2D eigenvalue weighted by molar-refractivity contribution is 6.02. The molecule has 8 nitrogen and oxygen atoms in total. The molecule has 0 spiro atoms. The molecule has 2 N–H and O–H groups in total. The number of aromatic nitrogens is 4. The molecule has 0 bridgehead atoms. The van der Waals surface area contributed by atoms with Gasteiger partial charge < -0.3 is 10.6 Å². The molecule has 0 atom stereocenters. The lowest BCUT2D eigenvalue weighted by Gasteiger charge is -2.08. The second-order valence-electron chi connectivity index (χ2n) is 6.08. The summed E-state index contributed by atoms with van der Waals surface area (Å²) in [5, 5.41) is 12.4. The van der Waals surface area contributed by atoms with Gasteiger partial charge in [0.1, 0.15) is 6.54 Å². The average molecular weight is 370 g/mol. The van der Waals surface area contributed by atoms with Crippen LogP contribution in [0.25, 0.3) is 0 Å². The molecule has 1 saturated carbocycles. The zero-order valence-corrected chi connectivity index (χ0v) is 14.1. The summed E-state index contributed by atoms with van der Waals surface area (Å²) in [4.78, 5) is 24.1. The summed E-state index contributed by atoms with van der Waals surface area (Å²) in [5.41, 5.74) is -0.431. The third-order valence-corrected chi connectivity index (χ3v) is 3.94. The first-order valence-corrected chi connectivity index (χ1v) is 7.89. The van der Waals surface area contributed by atoms with Gasteiger partial charge in [0, 0.05) is 31.9 Å². The number of aryl methyl sites for hydroxylation is 1. The van der Waals surface area contributed by atoms with Crippen LogP contribution in [-0.4, -0.2) is 38.4 Å². The Morgan fingerprint density at radius 2 is 2.00 bits per heavy atom. The Labute approximate surface area is 146 Å². The fraction of sp³-hybridized carbons (Fsp3) is 0.467. The van der Waals surface area contributed by atoms with E-state index >= 15 is 0 Å². The second-order valence-corrected chi connectivity index (χ2v) is 6.08. The molecule has 0 radical (unpaired) electrons. The van der Waals surface area contributed by atoms with E-state index in [4.69, 9.17) is 0 Å². The smallest absolute Gasteiger partial charge is 0.354 e. The Balaban J connectivity index is 1.79. The van der Waals surface area contributed by atoms with Crippen molar-refractivity contribution in [1.82, 2.24) is 24.9 Å². The highest BCUT2D eigenvalue weighted by atomic mass is 19.4. The van der Waals surface area contributed by atoms with Crippen LogP contribution in [0.1, 0.15) is 40.6 Å². The Hall–Kier alpha value is -2.85. The van der Waals surface area contributed by atoms with Gasteiger partial charge in [-0.3, -0.25) is 19.0 Å². The van der Waals surface area contributed by atoms with E-state index in [1.807, 2.05) is 0 Å². The van der Waals surface area contributed by atoms with Crippen molar-refractivity contribution in [2.24, 2.45) is 7.05 Å². The van der Waals surface area contributed by atoms with Crippen LogP contribution in [0.4, 0.5) is 18.9 Å². The van der Waals surface area contributed by atoms with Crippen molar-refractivity contribution < 1.29 is 22.8 Å². The van der Waals surface area contributed by atoms with Gasteiger partial charge in [0.15, 0.2) is 11.4 Å². The van der Waals surface area contributed by atoms with Crippen LogP contribution in [0.2, 0.25) is 0 Å². The van der Waals surface area contributed by atoms with E-state index in [9.17, 15) is 22.8 Å². The van der Waals surface area contributed by atoms with Gasteiger partial charge in [0.05, 0.1) is 5.69 Å². The molecule has 2 heterocycles. The maximum Gasteiger partial charge on any atom is 0.435 e. The molecule has 2 aromatic rings. The minimum absolute atomic E-state index is 0.00813. The number of alkyl halides is 3. The van der Waals surface area contributed by atoms with Crippen molar-refractivity contribution >= 4 is 17.5 Å². The molecule has 0 saturated heterocycles. The van der Waals surface area contributed by atoms with Crippen molar-refractivity contribution in [2.45, 2.75) is 31.5 Å². The molecule has 0 unspecified atom stereocenters. The van der Waals surface area contributed by atoms with Crippen molar-refractivity contribution in [3.8, 4) is 0 Å². The quantitative estimate of drug-likeness (QED) is 0.834. The van der Waals surface area contributed by atoms with Gasteiger partial charge in [0.2, 0.25) is 5.91 Å². The largest absolute Gasteiger partial charge is 0.435 e. The lowest BCUT2D eigenvalue weighted by atomic mass is 10.2. The summed E-state index contributed by atoms with van der Waals surface area (Å²) in [7, 11) is 3.00. The van der Waals surface area contributed by atoms with Crippen LogP contribution in [0.15, 0.2) is 12.3 Å². The molecule has 0 aliphatic heterocycles. The number of carbonyl (C=O) groups excluding carboxylic acids is 2. The second kappa shape index (κ2) is 6.46. The van der Waals surface area contributed by atoms with E-state index < -0.39 is 23.7 Å². The molecule has 1 fully saturated rings. The number of nitrogens with zero attached hydrogens (tertiary/aromatic N) is 4. The van der Waals surface area contributed by atoms with Crippen molar-refractivity contribution in [3.63, 3.8) is 0 Å². The van der Waals surface area contributed by atoms with Crippen molar-refractivity contribution in [3.05, 3.63) is 29.3 Å². The molecule has 2 amide bonds. The zero-order chi connectivity index (χ0) is 19.1. The highest BCUT2D eigenvalue weighted by Gasteiger charge is 2.38. The van der Waals surface area contributed by atoms with Crippen LogP contribution >= 0.6 is 0 Å². The van der Waals surface area contributed by atoms with Crippen LogP contribution in [0.5, 0.6) is 0 Å². The minimum Gasteiger partial charge on any atom is -0.354 e. The summed E-state index contributed by atoms with van der Waals surface area (Å²) in [6, 6.07) is 0.991. The summed E-state index contributed by atoms with van der Waals surface area (Å²) >= 11 is 0. The Bertz CT molecular complexity index is 850. The van der Waals surface area contributed by atoms with E-state index in [2.05, 4.69) is 20.8 Å². The first-order valence-electron chi connectivity index (χ1n) is 7.89. The Morgan fingerprint density at radius 3 is 2.58 bits per heavy atom. The molecule has 140 valence electrons. The summed E-state index contributed by atoms with van der Waals surface area (Å²) < 4.78 is 41.1. The van der Waals surface area contributed by atoms with Gasteiger partial charge in [-0.05, 0) is 18.9 Å². The monoisotopic (exact) mass is 370 g/mol. The minimum atomic E-state index is -4.57. The van der Waals surface area contributed by atoms with Gasteiger partial charge in [-0.15, -0.1) is 0 Å². The first-order chi connectivity index (χ1) is 12.2. The third kappa shape index (κ3) is 3.70. The molecule has 26 heavy (non-hydrogen) atoms. The van der Waals surface area contributed by atoms with Crippen LogP contribution in [0.3, 0.4) is 0 Å². The van der Waals surface area contributed by atoms with Crippen LogP contribution in [-0.2, 0) is 24.6 Å². The SMILES string of the molecule is CNC(=O)c1nn(C)cc1NC(=O)Cn1nc(C(F)(F)F)cc1C1CC1. The predicted molar refractivity (Wildman–Crippen MR) is 84.4 cm³/mol. The third-order valence-electron chi connectivity index (χ3n) is 3.94. The van der Waals surface area contributed by atoms with E-state index in [-0.39, 0.29) is 23.8 Å². The molecule has 3 rings (SSSR count). The molecular weight excluding hydrogens is 353 g/mol. The van der Waals surface area contributed by atoms with E-state index in [0.29, 0.717) is 5.69 Å². The normalized spacial score (nSPS) is 14.3. The van der Waals surface area contributed by atoms with E-state index in [0.717, 1.165) is 23.6 Å². The Kier molecular flexibility index (Phi) is 4.46. The molecule has 2 aromatic heterocycles. The maximum atomic E-state index is 12.9. The van der Waals surface area contributed by atoms with Crippen LogP contribution < -0.4 is 10.6 Å². The molecule has 0 aromatic carbocycles. The summed E-state index contributed by atoms with van der Waals surface area (Å²) in [6.45, 7) is -0.385. The summed E-state index contributed by atoms with van der Waals surface area (Å²) in [6.07, 6.45) is -1.59. The number of hydrogen-bond acceptors (Lipinski definition) is 4. The fourth-order valence-corrected chi connectivity index (χ4v) is 2.60. The number of carbonyl (C=O) groups is 2. The van der Waals surface area contributed by atoms with E-state index in [1.165, 1.54) is 17.9 Å². The summed E-state index contributed by atoms with van der Waals surface area (Å²) in [5.74, 6) is -1.09. The lowest BCUT2D eigenvalue weighted by molar-refractivity contribution is -0.141. The molecule has 1 aliphatic carbocycles. The first kappa shape index (κ1) is 18.0. The average Bonchev–Trinajstić information content (AvgIpc) is 3.20. The van der Waals surface area contributed by atoms with Crippen molar-refractivity contribution in [2.75, 3.05) is 12.4 Å². The fourth-order valence-electron chi connectivity index (χ4n) is 2.60. The number of anilines is 1. The zero-order valence-electron chi connectivity index (χ0n) is 14.1. The number of nitrogens with one attached hydrogen (secondary N) is 2. The number of amides is 2. The maximum absolute atomic E-state index is 12.9. The van der Waals surface area contributed by atoms with E-state index in [1.54, 1.807) is 7.05 Å². The Morgan fingerprint density at radius 1 is 1.31 bits per heavy atom. The van der Waals surface area contributed by atoms with Gasteiger partial charge in [-0.1, -0.05) is 0 Å². The van der Waals surface area contributed by atoms with Gasteiger partial charge in [0.25, 0.3) is 5.91 Å². The molecular formula is C15H17F3N6O2. The topological polar surface area (TPSA) is 93.8 Å². The van der Waals surface area contributed by atoms with Crippen molar-refractivity contribution in [1.29, 1.82) is 0 Å². The van der Waals surface area contributed by atoms with Gasteiger partial charge >= 0.3 is 6.18 Å². The standard InChI is InChI=1S/C15H17F3N6O2/c1-19-14(26)13-9(6-23(2)22-13)20-12(25)7-24-10(8-3-4-8)5-11(21-24)15(16,17)18/h5-6,8H,3-4,7H2,1-2H3,(H,19,26)(H,20,25). The lowest BCUT2D eigenvalue weighted by Crippen LogP contribution is -2.24. The molecule has 1 aliphatic rings. The number of halogens is 3. The number of hydrogen-bond donors (Lipinski definition) is 2. The predicted octanol–water partition coefficient (Wildman–Crippen LogP) is 1.51. The molecule has 11 heteroatoms. The van der Waals surface area contributed by atoms with Crippen LogP contribution in [0, 0.1) is 0 Å². The number of rotatable bonds is 5. The van der Waals surface area contributed by atoms with Gasteiger partial charge in [-0.25, -0.2) is 0 Å². The highest BCUT2D eigenvalue weighted by Crippen LogP contribution is 2.42.